The molecule has 1 fully saturated rings. The van der Waals surface area contributed by atoms with Crippen LogP contribution in [0.15, 0.2) is 22.7 Å². The molecule has 1 unspecified atom stereocenters. The third kappa shape index (κ3) is 3.55. The first kappa shape index (κ1) is 15.8. The number of methoxy groups -OCH3 is 1. The van der Waals surface area contributed by atoms with Gasteiger partial charge in [0, 0.05) is 22.4 Å². The third-order valence-corrected chi connectivity index (χ3v) is 4.97. The van der Waals surface area contributed by atoms with E-state index in [2.05, 4.69) is 31.9 Å². The lowest BCUT2D eigenvalue weighted by atomic mass is 10.1. The number of ether oxygens (including phenoxy) is 1. The summed E-state index contributed by atoms with van der Waals surface area (Å²) in [5.41, 5.74) is 0.690. The molecule has 1 heterocycles. The maximum Gasteiger partial charge on any atom is 0.255 e. The molecule has 0 aliphatic carbocycles. The summed E-state index contributed by atoms with van der Waals surface area (Å²) in [5.74, 6) is 0.820. The third-order valence-electron chi connectivity index (χ3n) is 3.71. The Hall–Kier alpha value is -0.550. The van der Waals surface area contributed by atoms with Crippen LogP contribution in [-0.4, -0.2) is 35.8 Å². The highest BCUT2D eigenvalue weighted by atomic mass is 79.9. The first-order chi connectivity index (χ1) is 9.67. The van der Waals surface area contributed by atoms with Crippen LogP contribution >= 0.6 is 31.9 Å². The van der Waals surface area contributed by atoms with Crippen LogP contribution in [0, 0.1) is 0 Å². The van der Waals surface area contributed by atoms with Gasteiger partial charge in [0.1, 0.15) is 5.75 Å². The standard InChI is InChI=1S/C15H19Br2NO2/c1-20-12-6-7-14(17)13(10-12)15(19)18-9-3-5-11(18)4-2-8-16/h6-7,10-11H,2-5,8-9H2,1H3. The number of amides is 1. The van der Waals surface area contributed by atoms with Crippen LogP contribution in [0.2, 0.25) is 0 Å². The molecule has 1 amide bonds. The molecule has 0 radical (unpaired) electrons. The van der Waals surface area contributed by atoms with Gasteiger partial charge in [-0.2, -0.15) is 0 Å². The molecule has 0 N–H and O–H groups in total. The summed E-state index contributed by atoms with van der Waals surface area (Å²) in [5, 5.41) is 0.994. The average Bonchev–Trinajstić information content (AvgIpc) is 2.93. The van der Waals surface area contributed by atoms with Crippen LogP contribution in [-0.2, 0) is 0 Å². The van der Waals surface area contributed by atoms with Gasteiger partial charge in [-0.25, -0.2) is 0 Å². The first-order valence-electron chi connectivity index (χ1n) is 6.88. The molecule has 110 valence electrons. The van der Waals surface area contributed by atoms with Crippen molar-refractivity contribution in [3.63, 3.8) is 0 Å². The molecule has 2 rings (SSSR count). The molecule has 1 saturated heterocycles. The van der Waals surface area contributed by atoms with E-state index in [1.807, 2.05) is 23.1 Å². The van der Waals surface area contributed by atoms with E-state index in [1.165, 1.54) is 0 Å². The number of likely N-dealkylation sites (tertiary alicyclic amines) is 1. The Morgan fingerprint density at radius 3 is 3.00 bits per heavy atom. The zero-order valence-corrected chi connectivity index (χ0v) is 14.7. The molecule has 1 aliphatic rings. The molecule has 3 nitrogen and oxygen atoms in total. The summed E-state index contributed by atoms with van der Waals surface area (Å²) >= 11 is 6.93. The van der Waals surface area contributed by atoms with Crippen LogP contribution in [0.5, 0.6) is 5.75 Å². The molecular formula is C15H19Br2NO2. The summed E-state index contributed by atoms with van der Waals surface area (Å²) in [6.07, 6.45) is 4.38. The van der Waals surface area contributed by atoms with E-state index < -0.39 is 0 Å². The normalized spacial score (nSPS) is 18.4. The zero-order chi connectivity index (χ0) is 14.5. The molecule has 1 aliphatic heterocycles. The van der Waals surface area contributed by atoms with E-state index in [0.29, 0.717) is 17.4 Å². The van der Waals surface area contributed by atoms with Gasteiger partial charge in [0.2, 0.25) is 0 Å². The topological polar surface area (TPSA) is 29.5 Å². The van der Waals surface area contributed by atoms with Gasteiger partial charge in [-0.1, -0.05) is 15.9 Å². The van der Waals surface area contributed by atoms with Gasteiger partial charge >= 0.3 is 0 Å². The summed E-state index contributed by atoms with van der Waals surface area (Å²) in [6.45, 7) is 0.857. The fraction of sp³-hybridized carbons (Fsp3) is 0.533. The Balaban J connectivity index is 2.17. The Kier molecular flexibility index (Phi) is 5.90. The molecule has 0 aromatic heterocycles. The SMILES string of the molecule is COc1ccc(Br)c(C(=O)N2CCCC2CCCBr)c1. The highest BCUT2D eigenvalue weighted by Gasteiger charge is 2.29. The van der Waals surface area contributed by atoms with Gasteiger partial charge in [0.15, 0.2) is 0 Å². The Labute approximate surface area is 136 Å². The molecule has 5 heteroatoms. The van der Waals surface area contributed by atoms with Crippen molar-refractivity contribution in [3.8, 4) is 5.75 Å². The Morgan fingerprint density at radius 2 is 2.30 bits per heavy atom. The Bertz CT molecular complexity index is 479. The fourth-order valence-electron chi connectivity index (χ4n) is 2.67. The van der Waals surface area contributed by atoms with Crippen LogP contribution in [0.3, 0.4) is 0 Å². The van der Waals surface area contributed by atoms with E-state index in [0.717, 1.165) is 42.0 Å². The van der Waals surface area contributed by atoms with Gasteiger partial charge < -0.3 is 9.64 Å². The maximum atomic E-state index is 12.7. The second kappa shape index (κ2) is 7.46. The quantitative estimate of drug-likeness (QED) is 0.687. The average molecular weight is 405 g/mol. The van der Waals surface area contributed by atoms with Gasteiger partial charge in [-0.05, 0) is 59.8 Å². The monoisotopic (exact) mass is 403 g/mol. The minimum Gasteiger partial charge on any atom is -0.497 e. The number of hydrogen-bond donors (Lipinski definition) is 0. The van der Waals surface area contributed by atoms with E-state index in [9.17, 15) is 4.79 Å². The van der Waals surface area contributed by atoms with Crippen molar-refractivity contribution in [2.75, 3.05) is 19.0 Å². The molecular weight excluding hydrogens is 386 g/mol. The fourth-order valence-corrected chi connectivity index (χ4v) is 3.41. The van der Waals surface area contributed by atoms with Crippen LogP contribution in [0.4, 0.5) is 0 Å². The number of alkyl halides is 1. The molecule has 1 aromatic rings. The molecule has 1 atom stereocenters. The smallest absolute Gasteiger partial charge is 0.255 e. The highest BCUT2D eigenvalue weighted by molar-refractivity contribution is 9.10. The molecule has 0 bridgehead atoms. The largest absolute Gasteiger partial charge is 0.497 e. The van der Waals surface area contributed by atoms with Crippen molar-refractivity contribution < 1.29 is 9.53 Å². The lowest BCUT2D eigenvalue weighted by Gasteiger charge is -2.25. The molecule has 0 spiro atoms. The van der Waals surface area contributed by atoms with Crippen molar-refractivity contribution in [3.05, 3.63) is 28.2 Å². The lowest BCUT2D eigenvalue weighted by Crippen LogP contribution is -2.35. The van der Waals surface area contributed by atoms with Gasteiger partial charge in [0.25, 0.3) is 5.91 Å². The van der Waals surface area contributed by atoms with Crippen molar-refractivity contribution in [2.45, 2.75) is 31.7 Å². The van der Waals surface area contributed by atoms with E-state index >= 15 is 0 Å². The number of hydrogen-bond acceptors (Lipinski definition) is 2. The minimum absolute atomic E-state index is 0.104. The van der Waals surface area contributed by atoms with Crippen LogP contribution < -0.4 is 4.74 Å². The summed E-state index contributed by atoms with van der Waals surface area (Å²) < 4.78 is 6.04. The number of rotatable bonds is 5. The van der Waals surface area contributed by atoms with Crippen molar-refractivity contribution in [1.82, 2.24) is 4.90 Å². The summed E-state index contributed by atoms with van der Waals surface area (Å²) in [6, 6.07) is 5.91. The number of halogens is 2. The predicted octanol–water partition coefficient (Wildman–Crippen LogP) is 4.24. The minimum atomic E-state index is 0.104. The van der Waals surface area contributed by atoms with Crippen LogP contribution in [0.25, 0.3) is 0 Å². The van der Waals surface area contributed by atoms with Crippen molar-refractivity contribution in [2.24, 2.45) is 0 Å². The number of nitrogens with zero attached hydrogens (tertiary/aromatic N) is 1. The van der Waals surface area contributed by atoms with Gasteiger partial charge in [-0.15, -0.1) is 0 Å². The second-order valence-corrected chi connectivity index (χ2v) is 6.62. The van der Waals surface area contributed by atoms with E-state index in [4.69, 9.17) is 4.74 Å². The van der Waals surface area contributed by atoms with Crippen LogP contribution in [0.1, 0.15) is 36.0 Å². The summed E-state index contributed by atoms with van der Waals surface area (Å²) in [4.78, 5) is 14.8. The summed E-state index contributed by atoms with van der Waals surface area (Å²) in [7, 11) is 1.62. The van der Waals surface area contributed by atoms with E-state index in [1.54, 1.807) is 7.11 Å². The van der Waals surface area contributed by atoms with Gasteiger partial charge in [0.05, 0.1) is 12.7 Å². The number of carbonyl (C=O) groups excluding carboxylic acids is 1. The Morgan fingerprint density at radius 1 is 1.50 bits per heavy atom. The number of carbonyl (C=O) groups is 1. The first-order valence-corrected chi connectivity index (χ1v) is 8.79. The zero-order valence-electron chi connectivity index (χ0n) is 11.6. The molecule has 1 aromatic carbocycles. The molecule has 20 heavy (non-hydrogen) atoms. The van der Waals surface area contributed by atoms with Gasteiger partial charge in [-0.3, -0.25) is 4.79 Å². The van der Waals surface area contributed by atoms with Crippen molar-refractivity contribution in [1.29, 1.82) is 0 Å². The predicted molar refractivity (Wildman–Crippen MR) is 87.8 cm³/mol. The lowest BCUT2D eigenvalue weighted by molar-refractivity contribution is 0.0729. The molecule has 0 saturated carbocycles. The number of benzene rings is 1. The highest BCUT2D eigenvalue weighted by Crippen LogP contribution is 2.28. The maximum absolute atomic E-state index is 12.7. The van der Waals surface area contributed by atoms with Crippen molar-refractivity contribution >= 4 is 37.8 Å². The second-order valence-electron chi connectivity index (χ2n) is 4.97. The van der Waals surface area contributed by atoms with E-state index in [-0.39, 0.29) is 5.91 Å².